The first-order chi connectivity index (χ1) is 9.63. The van der Waals surface area contributed by atoms with Crippen LogP contribution in [-0.4, -0.2) is 30.4 Å². The van der Waals surface area contributed by atoms with Crippen LogP contribution in [0.4, 0.5) is 0 Å². The third-order valence-electron chi connectivity index (χ3n) is 2.71. The first-order valence-electron chi connectivity index (χ1n) is 5.89. The molecule has 0 unspecified atom stereocenters. The number of hydrogen-bond acceptors (Lipinski definition) is 4. The number of benzene rings is 1. The number of amides is 1. The Kier molecular flexibility index (Phi) is 4.05. The lowest BCUT2D eigenvalue weighted by Crippen LogP contribution is -2.17. The molecule has 0 bridgehead atoms. The molecule has 3 N–H and O–H groups in total. The van der Waals surface area contributed by atoms with Gasteiger partial charge in [-0.25, -0.2) is 0 Å². The van der Waals surface area contributed by atoms with E-state index in [0.717, 1.165) is 0 Å². The van der Waals surface area contributed by atoms with Crippen LogP contribution in [0.2, 0.25) is 0 Å². The molecule has 0 aliphatic heterocycles. The predicted molar refractivity (Wildman–Crippen MR) is 72.1 cm³/mol. The molecular formula is C14H14N2O4. The molecule has 6 heteroatoms. The predicted octanol–water partition coefficient (Wildman–Crippen LogP) is 1.38. The van der Waals surface area contributed by atoms with Crippen molar-refractivity contribution in [3.8, 4) is 11.5 Å². The molecule has 1 heterocycles. The van der Waals surface area contributed by atoms with Crippen molar-refractivity contribution in [1.29, 1.82) is 0 Å². The number of methoxy groups -OCH3 is 1. The Bertz CT molecular complexity index is 620. The molecule has 0 aliphatic carbocycles. The average Bonchev–Trinajstić information content (AvgIpc) is 2.98. The van der Waals surface area contributed by atoms with Gasteiger partial charge in [-0.15, -0.1) is 0 Å². The Labute approximate surface area is 115 Å². The van der Waals surface area contributed by atoms with Crippen molar-refractivity contribution in [3.63, 3.8) is 0 Å². The van der Waals surface area contributed by atoms with E-state index < -0.39 is 5.91 Å². The van der Waals surface area contributed by atoms with Crippen molar-refractivity contribution in [1.82, 2.24) is 4.98 Å². The van der Waals surface area contributed by atoms with E-state index in [2.05, 4.69) is 4.98 Å². The van der Waals surface area contributed by atoms with E-state index in [0.29, 0.717) is 11.4 Å². The Morgan fingerprint density at radius 3 is 2.65 bits per heavy atom. The van der Waals surface area contributed by atoms with Crippen LogP contribution in [-0.2, 0) is 0 Å². The number of para-hydroxylation sites is 1. The molecule has 2 rings (SSSR count). The maximum absolute atomic E-state index is 11.8. The Hall–Kier alpha value is -2.76. The molecule has 0 saturated carbocycles. The number of carbonyl (C=O) groups is 2. The van der Waals surface area contributed by atoms with Gasteiger partial charge < -0.3 is 20.2 Å². The van der Waals surface area contributed by atoms with Crippen molar-refractivity contribution in [2.24, 2.45) is 5.73 Å². The van der Waals surface area contributed by atoms with Gasteiger partial charge in [0, 0.05) is 6.20 Å². The number of hydrogen-bond donors (Lipinski definition) is 2. The average molecular weight is 274 g/mol. The molecule has 1 aromatic heterocycles. The summed E-state index contributed by atoms with van der Waals surface area (Å²) in [5.41, 5.74) is 5.87. The second-order valence-electron chi connectivity index (χ2n) is 4.00. The zero-order valence-electron chi connectivity index (χ0n) is 10.9. The zero-order valence-corrected chi connectivity index (χ0v) is 10.9. The van der Waals surface area contributed by atoms with E-state index in [9.17, 15) is 9.59 Å². The monoisotopic (exact) mass is 274 g/mol. The van der Waals surface area contributed by atoms with Gasteiger partial charge in [0.05, 0.1) is 18.4 Å². The molecule has 104 valence electrons. The van der Waals surface area contributed by atoms with Crippen molar-refractivity contribution >= 4 is 11.7 Å². The number of primary amides is 1. The SMILES string of the molecule is COc1cccc(C(N)=O)c1OCC(=O)c1ccc[nH]1. The molecule has 1 amide bonds. The molecule has 1 aromatic carbocycles. The van der Waals surface area contributed by atoms with Crippen molar-refractivity contribution in [2.45, 2.75) is 0 Å². The fourth-order valence-electron chi connectivity index (χ4n) is 1.74. The van der Waals surface area contributed by atoms with Gasteiger partial charge in [0.2, 0.25) is 5.78 Å². The van der Waals surface area contributed by atoms with Crippen LogP contribution >= 0.6 is 0 Å². The number of nitrogens with two attached hydrogens (primary N) is 1. The number of carbonyl (C=O) groups excluding carboxylic acids is 2. The summed E-state index contributed by atoms with van der Waals surface area (Å²) in [6, 6.07) is 8.12. The molecule has 2 aromatic rings. The number of nitrogens with one attached hydrogen (secondary N) is 1. The second kappa shape index (κ2) is 5.92. The fraction of sp³-hybridized carbons (Fsp3) is 0.143. The number of Topliss-reactive ketones (excluding diaryl/α,β-unsaturated/α-hetero) is 1. The number of aromatic amines is 1. The number of ketones is 1. The third kappa shape index (κ3) is 2.80. The van der Waals surface area contributed by atoms with Gasteiger partial charge in [0.15, 0.2) is 18.1 Å². The highest BCUT2D eigenvalue weighted by Gasteiger charge is 2.16. The molecule has 0 fully saturated rings. The van der Waals surface area contributed by atoms with Crippen LogP contribution in [0, 0.1) is 0 Å². The number of ether oxygens (including phenoxy) is 2. The van der Waals surface area contributed by atoms with Crippen LogP contribution in [0.3, 0.4) is 0 Å². The maximum atomic E-state index is 11.8. The number of rotatable bonds is 6. The fourth-order valence-corrected chi connectivity index (χ4v) is 1.74. The van der Waals surface area contributed by atoms with Gasteiger partial charge in [0.1, 0.15) is 0 Å². The zero-order chi connectivity index (χ0) is 14.5. The summed E-state index contributed by atoms with van der Waals surface area (Å²) in [5.74, 6) is -0.370. The van der Waals surface area contributed by atoms with Crippen molar-refractivity contribution in [3.05, 3.63) is 47.8 Å². The van der Waals surface area contributed by atoms with E-state index in [4.69, 9.17) is 15.2 Å². The molecule has 20 heavy (non-hydrogen) atoms. The van der Waals surface area contributed by atoms with Crippen LogP contribution in [0.5, 0.6) is 11.5 Å². The van der Waals surface area contributed by atoms with E-state index in [1.807, 2.05) is 0 Å². The lowest BCUT2D eigenvalue weighted by molar-refractivity contribution is 0.0905. The Morgan fingerprint density at radius 1 is 1.25 bits per heavy atom. The summed E-state index contributed by atoms with van der Waals surface area (Å²) in [5, 5.41) is 0. The van der Waals surface area contributed by atoms with Gasteiger partial charge in [-0.2, -0.15) is 0 Å². The third-order valence-corrected chi connectivity index (χ3v) is 2.71. The molecular weight excluding hydrogens is 260 g/mol. The van der Waals surface area contributed by atoms with Crippen molar-refractivity contribution < 1.29 is 19.1 Å². The standard InChI is InChI=1S/C14H14N2O4/c1-19-12-6-2-4-9(14(15)18)13(12)20-8-11(17)10-5-3-7-16-10/h2-7,16H,8H2,1H3,(H2,15,18). The van der Waals surface area contributed by atoms with Gasteiger partial charge in [-0.3, -0.25) is 9.59 Å². The molecule has 0 spiro atoms. The number of H-pyrrole nitrogens is 1. The lowest BCUT2D eigenvalue weighted by atomic mass is 10.1. The van der Waals surface area contributed by atoms with E-state index in [-0.39, 0.29) is 23.7 Å². The first kappa shape index (κ1) is 13.7. The Morgan fingerprint density at radius 2 is 2.05 bits per heavy atom. The highest BCUT2D eigenvalue weighted by Crippen LogP contribution is 2.30. The highest BCUT2D eigenvalue weighted by atomic mass is 16.5. The van der Waals surface area contributed by atoms with Gasteiger partial charge >= 0.3 is 0 Å². The summed E-state index contributed by atoms with van der Waals surface area (Å²) >= 11 is 0. The normalized spacial score (nSPS) is 10.1. The molecule has 0 saturated heterocycles. The topological polar surface area (TPSA) is 94.4 Å². The smallest absolute Gasteiger partial charge is 0.252 e. The van der Waals surface area contributed by atoms with Gasteiger partial charge in [-0.1, -0.05) is 6.07 Å². The summed E-state index contributed by atoms with van der Waals surface area (Å²) in [6.07, 6.45) is 1.64. The maximum Gasteiger partial charge on any atom is 0.252 e. The largest absolute Gasteiger partial charge is 0.493 e. The van der Waals surface area contributed by atoms with E-state index >= 15 is 0 Å². The quantitative estimate of drug-likeness (QED) is 0.778. The molecule has 0 atom stereocenters. The first-order valence-corrected chi connectivity index (χ1v) is 5.89. The van der Waals surface area contributed by atoms with Crippen LogP contribution in [0.1, 0.15) is 20.8 Å². The van der Waals surface area contributed by atoms with E-state index in [1.165, 1.54) is 13.2 Å². The van der Waals surface area contributed by atoms with Crippen LogP contribution < -0.4 is 15.2 Å². The van der Waals surface area contributed by atoms with Crippen LogP contribution in [0.15, 0.2) is 36.5 Å². The summed E-state index contributed by atoms with van der Waals surface area (Å²) in [7, 11) is 1.44. The van der Waals surface area contributed by atoms with E-state index in [1.54, 1.807) is 30.5 Å². The molecule has 0 aliphatic rings. The summed E-state index contributed by atoms with van der Waals surface area (Å²) < 4.78 is 10.5. The van der Waals surface area contributed by atoms with Gasteiger partial charge in [0.25, 0.3) is 5.91 Å². The van der Waals surface area contributed by atoms with Crippen molar-refractivity contribution in [2.75, 3.05) is 13.7 Å². The molecule has 6 nitrogen and oxygen atoms in total. The molecule has 0 radical (unpaired) electrons. The number of aromatic nitrogens is 1. The summed E-state index contributed by atoms with van der Waals surface area (Å²) in [6.45, 7) is -0.221. The lowest BCUT2D eigenvalue weighted by Gasteiger charge is -2.12. The minimum absolute atomic E-state index is 0.169. The minimum Gasteiger partial charge on any atom is -0.493 e. The highest BCUT2D eigenvalue weighted by molar-refractivity contribution is 5.98. The second-order valence-corrected chi connectivity index (χ2v) is 4.00. The minimum atomic E-state index is -0.647. The van der Waals surface area contributed by atoms with Crippen LogP contribution in [0.25, 0.3) is 0 Å². The summed E-state index contributed by atoms with van der Waals surface area (Å²) in [4.78, 5) is 26.0. The Balaban J connectivity index is 2.20. The van der Waals surface area contributed by atoms with Gasteiger partial charge in [-0.05, 0) is 24.3 Å².